The first-order valence-electron chi connectivity index (χ1n) is 10.2. The van der Waals surface area contributed by atoms with E-state index in [4.69, 9.17) is 21.1 Å². The molecule has 0 aliphatic carbocycles. The first-order valence-corrected chi connectivity index (χ1v) is 10.6. The van der Waals surface area contributed by atoms with E-state index in [0.29, 0.717) is 28.6 Å². The van der Waals surface area contributed by atoms with Gasteiger partial charge in [0.15, 0.2) is 11.5 Å². The van der Waals surface area contributed by atoms with Crippen molar-refractivity contribution in [3.63, 3.8) is 0 Å². The number of rotatable bonds is 10. The first-order chi connectivity index (χ1) is 15.6. The highest BCUT2D eigenvalue weighted by molar-refractivity contribution is 6.33. The molecule has 0 aromatic heterocycles. The molecule has 0 aliphatic heterocycles. The minimum Gasteiger partial charge on any atom is -0.493 e. The summed E-state index contributed by atoms with van der Waals surface area (Å²) in [5.41, 5.74) is 1.19. The summed E-state index contributed by atoms with van der Waals surface area (Å²) in [6.07, 6.45) is 0.0782. The fourth-order valence-electron chi connectivity index (χ4n) is 3.17. The van der Waals surface area contributed by atoms with Crippen LogP contribution in [0.25, 0.3) is 0 Å². The predicted molar refractivity (Wildman–Crippen MR) is 124 cm³/mol. The highest BCUT2D eigenvalue weighted by Gasteiger charge is 2.20. The molecule has 32 heavy (non-hydrogen) atoms. The maximum absolute atomic E-state index is 12.7. The van der Waals surface area contributed by atoms with Crippen LogP contribution in [0.2, 0.25) is 5.02 Å². The van der Waals surface area contributed by atoms with E-state index in [1.54, 1.807) is 43.5 Å². The zero-order chi connectivity index (χ0) is 22.8. The number of ether oxygens (including phenoxy) is 2. The number of methoxy groups -OCH3 is 1. The molecule has 3 rings (SSSR count). The molecule has 1 atom stereocenters. The van der Waals surface area contributed by atoms with Crippen LogP contribution >= 0.6 is 11.6 Å². The van der Waals surface area contributed by atoms with Gasteiger partial charge in [-0.3, -0.25) is 9.59 Å². The second-order valence-electron chi connectivity index (χ2n) is 6.97. The Morgan fingerprint density at radius 1 is 0.906 bits per heavy atom. The van der Waals surface area contributed by atoms with Crippen LogP contribution in [-0.4, -0.2) is 32.1 Å². The number of amides is 2. The number of halogens is 1. The Bertz CT molecular complexity index is 1040. The van der Waals surface area contributed by atoms with Crippen LogP contribution in [0.4, 0.5) is 0 Å². The van der Waals surface area contributed by atoms with Gasteiger partial charge in [0, 0.05) is 0 Å². The van der Waals surface area contributed by atoms with E-state index in [2.05, 4.69) is 10.6 Å². The molecule has 2 amide bonds. The largest absolute Gasteiger partial charge is 0.493 e. The molecular weight excluding hydrogens is 428 g/mol. The van der Waals surface area contributed by atoms with E-state index in [1.165, 1.54) is 0 Å². The Balaban J connectivity index is 1.58. The highest BCUT2D eigenvalue weighted by Crippen LogP contribution is 2.25. The fourth-order valence-corrected chi connectivity index (χ4v) is 3.39. The van der Waals surface area contributed by atoms with Crippen molar-refractivity contribution >= 4 is 23.4 Å². The minimum absolute atomic E-state index is 0.0782. The van der Waals surface area contributed by atoms with Gasteiger partial charge in [-0.2, -0.15) is 0 Å². The van der Waals surface area contributed by atoms with Crippen molar-refractivity contribution in [1.82, 2.24) is 10.6 Å². The van der Waals surface area contributed by atoms with Crippen LogP contribution in [-0.2, 0) is 4.79 Å². The lowest BCUT2D eigenvalue weighted by Gasteiger charge is -2.19. The molecule has 2 N–H and O–H groups in total. The van der Waals surface area contributed by atoms with E-state index >= 15 is 0 Å². The smallest absolute Gasteiger partial charge is 0.253 e. The standard InChI is InChI=1S/C25H25ClN2O4/c1-31-22-13-7-8-14-23(22)32-16-15-27-24(29)17-21(18-9-3-2-4-10-18)28-25(30)19-11-5-6-12-20(19)26/h2-14,21H,15-17H2,1H3,(H,27,29)(H,28,30)/t21-/m0/s1. The molecule has 0 aliphatic rings. The average molecular weight is 453 g/mol. The van der Waals surface area contributed by atoms with Gasteiger partial charge in [0.2, 0.25) is 5.91 Å². The summed E-state index contributed by atoms with van der Waals surface area (Å²) in [4.78, 5) is 25.3. The van der Waals surface area contributed by atoms with Crippen molar-refractivity contribution < 1.29 is 19.1 Å². The molecule has 0 heterocycles. The third-order valence-electron chi connectivity index (χ3n) is 4.77. The lowest BCUT2D eigenvalue weighted by atomic mass is 10.0. The number of carbonyl (C=O) groups excluding carboxylic acids is 2. The second-order valence-corrected chi connectivity index (χ2v) is 7.38. The van der Waals surface area contributed by atoms with Crippen molar-refractivity contribution in [2.75, 3.05) is 20.3 Å². The van der Waals surface area contributed by atoms with Gasteiger partial charge < -0.3 is 20.1 Å². The molecule has 0 fully saturated rings. The molecule has 3 aromatic rings. The van der Waals surface area contributed by atoms with Gasteiger partial charge in [-0.15, -0.1) is 0 Å². The maximum Gasteiger partial charge on any atom is 0.253 e. The van der Waals surface area contributed by atoms with Gasteiger partial charge in [-0.1, -0.05) is 66.2 Å². The molecule has 0 saturated heterocycles. The Labute approximate surface area is 192 Å². The summed E-state index contributed by atoms with van der Waals surface area (Å²) in [6.45, 7) is 0.602. The number of para-hydroxylation sites is 2. The lowest BCUT2D eigenvalue weighted by molar-refractivity contribution is -0.121. The molecular formula is C25H25ClN2O4. The number of carbonyl (C=O) groups is 2. The molecule has 166 valence electrons. The number of benzene rings is 3. The van der Waals surface area contributed by atoms with Crippen molar-refractivity contribution in [3.05, 3.63) is 95.0 Å². The number of hydrogen-bond acceptors (Lipinski definition) is 4. The zero-order valence-corrected chi connectivity index (χ0v) is 18.5. The van der Waals surface area contributed by atoms with Crippen LogP contribution in [0.3, 0.4) is 0 Å². The second kappa shape index (κ2) is 11.8. The summed E-state index contributed by atoms with van der Waals surface area (Å²) < 4.78 is 10.9. The fraction of sp³-hybridized carbons (Fsp3) is 0.200. The van der Waals surface area contributed by atoms with E-state index in [1.807, 2.05) is 42.5 Å². The molecule has 0 bridgehead atoms. The van der Waals surface area contributed by atoms with E-state index in [0.717, 1.165) is 5.56 Å². The molecule has 6 nitrogen and oxygen atoms in total. The van der Waals surface area contributed by atoms with E-state index in [-0.39, 0.29) is 24.8 Å². The SMILES string of the molecule is COc1ccccc1OCCNC(=O)C[C@H](NC(=O)c1ccccc1Cl)c1ccccc1. The quantitative estimate of drug-likeness (QED) is 0.447. The minimum atomic E-state index is -0.505. The lowest BCUT2D eigenvalue weighted by Crippen LogP contribution is -2.35. The van der Waals surface area contributed by atoms with Gasteiger partial charge in [0.25, 0.3) is 5.91 Å². The Kier molecular flexibility index (Phi) is 8.52. The third kappa shape index (κ3) is 6.49. The van der Waals surface area contributed by atoms with Crippen LogP contribution < -0.4 is 20.1 Å². The van der Waals surface area contributed by atoms with E-state index in [9.17, 15) is 9.59 Å². The van der Waals surface area contributed by atoms with Crippen molar-refractivity contribution in [1.29, 1.82) is 0 Å². The Hall–Kier alpha value is -3.51. The van der Waals surface area contributed by atoms with Gasteiger partial charge in [-0.05, 0) is 29.8 Å². The monoisotopic (exact) mass is 452 g/mol. The number of hydrogen-bond donors (Lipinski definition) is 2. The molecule has 3 aromatic carbocycles. The summed E-state index contributed by atoms with van der Waals surface area (Å²) >= 11 is 6.15. The summed E-state index contributed by atoms with van der Waals surface area (Å²) in [5.74, 6) is 0.697. The van der Waals surface area contributed by atoms with Gasteiger partial charge >= 0.3 is 0 Å². The topological polar surface area (TPSA) is 76.7 Å². The van der Waals surface area contributed by atoms with Crippen molar-refractivity contribution in [2.24, 2.45) is 0 Å². The first kappa shape index (κ1) is 23.2. The maximum atomic E-state index is 12.7. The van der Waals surface area contributed by atoms with Crippen molar-refractivity contribution in [2.45, 2.75) is 12.5 Å². The van der Waals surface area contributed by atoms with Crippen LogP contribution in [0.15, 0.2) is 78.9 Å². The van der Waals surface area contributed by atoms with Crippen LogP contribution in [0.1, 0.15) is 28.4 Å². The molecule has 0 radical (unpaired) electrons. The average Bonchev–Trinajstić information content (AvgIpc) is 2.82. The molecule has 0 spiro atoms. The Morgan fingerprint density at radius 2 is 1.56 bits per heavy atom. The van der Waals surface area contributed by atoms with Crippen LogP contribution in [0.5, 0.6) is 11.5 Å². The normalized spacial score (nSPS) is 11.3. The Morgan fingerprint density at radius 3 is 2.28 bits per heavy atom. The number of nitrogens with one attached hydrogen (secondary N) is 2. The molecule has 0 saturated carbocycles. The van der Waals surface area contributed by atoms with Gasteiger partial charge in [0.1, 0.15) is 6.61 Å². The zero-order valence-electron chi connectivity index (χ0n) is 17.7. The van der Waals surface area contributed by atoms with Gasteiger partial charge in [0.05, 0.1) is 36.7 Å². The molecule has 0 unspecified atom stereocenters. The van der Waals surface area contributed by atoms with Crippen molar-refractivity contribution in [3.8, 4) is 11.5 Å². The summed E-state index contributed by atoms with van der Waals surface area (Å²) in [7, 11) is 1.57. The summed E-state index contributed by atoms with van der Waals surface area (Å²) in [5, 5.41) is 6.11. The highest BCUT2D eigenvalue weighted by atomic mass is 35.5. The summed E-state index contributed by atoms with van der Waals surface area (Å²) in [6, 6.07) is 23.0. The van der Waals surface area contributed by atoms with Gasteiger partial charge in [-0.25, -0.2) is 0 Å². The third-order valence-corrected chi connectivity index (χ3v) is 5.10. The predicted octanol–water partition coefficient (Wildman–Crippen LogP) is 4.41. The molecule has 7 heteroatoms. The van der Waals surface area contributed by atoms with E-state index < -0.39 is 6.04 Å². The van der Waals surface area contributed by atoms with Crippen LogP contribution in [0, 0.1) is 0 Å².